The Bertz CT molecular complexity index is 1880. The Morgan fingerprint density at radius 2 is 1.68 bits per heavy atom. The summed E-state index contributed by atoms with van der Waals surface area (Å²) in [6.07, 6.45) is 0. The molecule has 0 fully saturated rings. The number of nitrogens with one attached hydrogen (secondary N) is 1. The van der Waals surface area contributed by atoms with E-state index in [4.69, 9.17) is 23.2 Å². The summed E-state index contributed by atoms with van der Waals surface area (Å²) in [6, 6.07) is 10.4. The first-order valence-electron chi connectivity index (χ1n) is 11.3. The third kappa shape index (κ3) is 6.23. The zero-order valence-electron chi connectivity index (χ0n) is 21.0. The van der Waals surface area contributed by atoms with E-state index in [-0.39, 0.29) is 38.3 Å². The number of benzene rings is 3. The first kappa shape index (κ1) is 30.1. The molecule has 1 amide bonds. The summed E-state index contributed by atoms with van der Waals surface area (Å²) in [5.41, 5.74) is 0.167. The van der Waals surface area contributed by atoms with Crippen LogP contribution in [0.3, 0.4) is 0 Å². The molecule has 3 N–H and O–H groups in total. The molecule has 3 aromatic carbocycles. The van der Waals surface area contributed by atoms with E-state index in [0.29, 0.717) is 5.56 Å². The Morgan fingerprint density at radius 1 is 1.00 bits per heavy atom. The molecule has 1 atom stereocenters. The Morgan fingerprint density at radius 3 is 2.34 bits per heavy atom. The molecule has 4 rings (SSSR count). The number of nitrogens with zero attached hydrogens (tertiary/aromatic N) is 4. The Hall–Kier alpha value is -3.89. The predicted octanol–water partition coefficient (Wildman–Crippen LogP) is 4.92. The van der Waals surface area contributed by atoms with Crippen molar-refractivity contribution in [1.82, 2.24) is 0 Å². The van der Waals surface area contributed by atoms with Gasteiger partial charge in [-0.25, -0.2) is 13.2 Å². The number of sulfonamides is 1. The van der Waals surface area contributed by atoms with Crippen LogP contribution in [0.1, 0.15) is 22.8 Å². The van der Waals surface area contributed by atoms with E-state index < -0.39 is 48.0 Å². The van der Waals surface area contributed by atoms with Crippen LogP contribution in [-0.4, -0.2) is 50.1 Å². The molecule has 1 aliphatic rings. The molecular weight excluding hydrogens is 621 g/mol. The number of hydrazone groups is 1. The number of carbonyl (C=O) groups excluding carboxylic acids is 1. The van der Waals surface area contributed by atoms with Gasteiger partial charge in [0.1, 0.15) is 4.90 Å². The molecule has 41 heavy (non-hydrogen) atoms. The molecule has 1 aliphatic heterocycles. The highest BCUT2D eigenvalue weighted by atomic mass is 35.5. The van der Waals surface area contributed by atoms with Crippen molar-refractivity contribution in [1.29, 1.82) is 0 Å². The third-order valence-corrected chi connectivity index (χ3v) is 8.88. The van der Waals surface area contributed by atoms with Crippen LogP contribution >= 0.6 is 23.2 Å². The van der Waals surface area contributed by atoms with Gasteiger partial charge in [-0.15, -0.1) is 0 Å². The minimum absolute atomic E-state index is 0.0671. The van der Waals surface area contributed by atoms with Crippen LogP contribution in [0, 0.1) is 6.92 Å². The molecule has 13 nitrogen and oxygen atoms in total. The quantitative estimate of drug-likeness (QED) is 0.228. The smallest absolute Gasteiger partial charge is 0.337 e. The number of aromatic carboxylic acids is 1. The van der Waals surface area contributed by atoms with Gasteiger partial charge in [-0.1, -0.05) is 41.4 Å². The molecule has 0 saturated carbocycles. The number of carboxylic acids is 1. The van der Waals surface area contributed by atoms with Gasteiger partial charge in [0.05, 0.1) is 43.3 Å². The van der Waals surface area contributed by atoms with E-state index in [2.05, 4.69) is 20.1 Å². The van der Waals surface area contributed by atoms with Crippen molar-refractivity contribution in [3.05, 3.63) is 75.8 Å². The van der Waals surface area contributed by atoms with Crippen LogP contribution in [0.15, 0.2) is 79.7 Å². The average molecular weight is 640 g/mol. The second kappa shape index (κ2) is 11.2. The fourth-order valence-corrected chi connectivity index (χ4v) is 6.44. The van der Waals surface area contributed by atoms with Crippen LogP contribution in [-0.2, 0) is 24.9 Å². The number of aryl methyl sites for hydroxylation is 1. The molecule has 0 saturated heterocycles. The van der Waals surface area contributed by atoms with E-state index in [9.17, 15) is 36.1 Å². The maximum atomic E-state index is 13.1. The first-order valence-corrected chi connectivity index (χ1v) is 15.0. The number of anilines is 2. The maximum Gasteiger partial charge on any atom is 0.337 e. The number of carbonyl (C=O) groups is 2. The second-order valence-electron chi connectivity index (χ2n) is 8.62. The van der Waals surface area contributed by atoms with Gasteiger partial charge in [0, 0.05) is 0 Å². The lowest BCUT2D eigenvalue weighted by molar-refractivity contribution is -0.117. The monoisotopic (exact) mass is 639 g/mol. The van der Waals surface area contributed by atoms with Crippen LogP contribution in [0.5, 0.6) is 0 Å². The first-order chi connectivity index (χ1) is 19.1. The molecule has 1 heterocycles. The van der Waals surface area contributed by atoms with Crippen LogP contribution in [0.4, 0.5) is 17.1 Å². The van der Waals surface area contributed by atoms with Crippen molar-refractivity contribution < 1.29 is 36.1 Å². The van der Waals surface area contributed by atoms with Crippen molar-refractivity contribution in [2.24, 2.45) is 15.3 Å². The zero-order valence-corrected chi connectivity index (χ0v) is 24.1. The minimum Gasteiger partial charge on any atom is -0.478 e. The molecule has 0 radical (unpaired) electrons. The highest BCUT2D eigenvalue weighted by Crippen LogP contribution is 2.36. The number of carboxylic acid groups (broad SMARTS) is 1. The highest BCUT2D eigenvalue weighted by Gasteiger charge is 2.36. The van der Waals surface area contributed by atoms with Gasteiger partial charge in [-0.05, 0) is 55.8 Å². The number of para-hydroxylation sites is 1. The van der Waals surface area contributed by atoms with Crippen molar-refractivity contribution in [2.45, 2.75) is 29.7 Å². The molecule has 0 bridgehead atoms. The average Bonchev–Trinajstić information content (AvgIpc) is 3.16. The molecule has 17 heteroatoms. The number of rotatable bonds is 8. The standard InChI is InChI=1S/C24H19Cl2N5O8S2/c1-12-7-8-14(9-20(12)40(35,36)30-18-6-4-3-5-15(18)24(33)34)27-28-22-13(2)29-31(23(22)32)19-10-17(26)21(11-16(19)25)41(37,38)39/h3-11,22,30H,1-2H3,(H,33,34)(H,37,38,39). The van der Waals surface area contributed by atoms with Crippen molar-refractivity contribution in [3.8, 4) is 0 Å². The van der Waals surface area contributed by atoms with E-state index in [1.807, 2.05) is 0 Å². The Balaban J connectivity index is 1.61. The summed E-state index contributed by atoms with van der Waals surface area (Å²) in [6.45, 7) is 3.02. The molecule has 0 aliphatic carbocycles. The third-order valence-electron chi connectivity index (χ3n) is 5.76. The number of halogens is 2. The van der Waals surface area contributed by atoms with Gasteiger partial charge >= 0.3 is 5.97 Å². The van der Waals surface area contributed by atoms with Crippen LogP contribution < -0.4 is 9.73 Å². The molecular formula is C24H19Cl2N5O8S2. The summed E-state index contributed by atoms with van der Waals surface area (Å²) in [5, 5.41) is 21.7. The topological polar surface area (TPSA) is 195 Å². The van der Waals surface area contributed by atoms with Crippen LogP contribution in [0.2, 0.25) is 10.0 Å². The molecule has 3 aromatic rings. The van der Waals surface area contributed by atoms with Crippen molar-refractivity contribution in [3.63, 3.8) is 0 Å². The van der Waals surface area contributed by atoms with Gasteiger partial charge in [0.15, 0.2) is 6.04 Å². The van der Waals surface area contributed by atoms with E-state index in [1.54, 1.807) is 0 Å². The summed E-state index contributed by atoms with van der Waals surface area (Å²) >= 11 is 12.1. The fraction of sp³-hybridized carbons (Fsp3) is 0.125. The van der Waals surface area contributed by atoms with Gasteiger partial charge in [-0.2, -0.15) is 28.8 Å². The Kier molecular flexibility index (Phi) is 8.20. The van der Waals surface area contributed by atoms with Gasteiger partial charge in [0.25, 0.3) is 26.0 Å². The largest absolute Gasteiger partial charge is 0.478 e. The normalized spacial score (nSPS) is 15.8. The summed E-state index contributed by atoms with van der Waals surface area (Å²) in [7, 11) is -8.93. The lowest BCUT2D eigenvalue weighted by atomic mass is 10.2. The number of hydrogen-bond acceptors (Lipinski definition) is 9. The van der Waals surface area contributed by atoms with Gasteiger partial charge < -0.3 is 5.11 Å². The van der Waals surface area contributed by atoms with E-state index in [0.717, 1.165) is 17.1 Å². The zero-order chi connectivity index (χ0) is 30.3. The molecule has 1 unspecified atom stereocenters. The van der Waals surface area contributed by atoms with Crippen molar-refractivity contribution in [2.75, 3.05) is 9.73 Å². The maximum absolute atomic E-state index is 13.1. The molecule has 0 spiro atoms. The number of amides is 1. The van der Waals surface area contributed by atoms with E-state index >= 15 is 0 Å². The van der Waals surface area contributed by atoms with Crippen molar-refractivity contribution >= 4 is 78.0 Å². The van der Waals surface area contributed by atoms with Gasteiger partial charge in [0.2, 0.25) is 0 Å². The minimum atomic E-state index is -4.67. The van der Waals surface area contributed by atoms with Crippen LogP contribution in [0.25, 0.3) is 0 Å². The number of hydrogen-bond donors (Lipinski definition) is 3. The predicted molar refractivity (Wildman–Crippen MR) is 151 cm³/mol. The highest BCUT2D eigenvalue weighted by molar-refractivity contribution is 7.92. The second-order valence-corrected chi connectivity index (χ2v) is 12.5. The van der Waals surface area contributed by atoms with E-state index in [1.165, 1.54) is 56.3 Å². The lowest BCUT2D eigenvalue weighted by Gasteiger charge is -2.15. The fourth-order valence-electron chi connectivity index (χ4n) is 3.76. The molecule has 0 aromatic heterocycles. The van der Waals surface area contributed by atoms with Gasteiger partial charge in [-0.3, -0.25) is 14.1 Å². The Labute approximate surface area is 243 Å². The lowest BCUT2D eigenvalue weighted by Crippen LogP contribution is -2.30. The summed E-state index contributed by atoms with van der Waals surface area (Å²) < 4.78 is 60.8. The summed E-state index contributed by atoms with van der Waals surface area (Å²) in [4.78, 5) is 23.7. The molecule has 214 valence electrons. The summed E-state index contributed by atoms with van der Waals surface area (Å²) in [5.74, 6) is -2.02. The number of azo groups is 1. The SMILES string of the molecule is CC1=NN(c2cc(Cl)c(S(=O)(=O)O)cc2Cl)C(=O)C1N=Nc1ccc(C)c(S(=O)(=O)Nc2ccccc2C(=O)O)c1.